The number of fused-ring (bicyclic) bond motifs is 3. The highest BCUT2D eigenvalue weighted by Crippen LogP contribution is 2.40. The summed E-state index contributed by atoms with van der Waals surface area (Å²) in [6.07, 6.45) is 7.37. The number of aromatic nitrogens is 5. The molecule has 57 heavy (non-hydrogen) atoms. The van der Waals surface area contributed by atoms with Crippen molar-refractivity contribution < 1.29 is 0 Å². The van der Waals surface area contributed by atoms with Crippen molar-refractivity contribution in [2.75, 3.05) is 5.32 Å². The predicted molar refractivity (Wildman–Crippen MR) is 234 cm³/mol. The van der Waals surface area contributed by atoms with E-state index in [1.165, 1.54) is 5.56 Å². The Kier molecular flexibility index (Phi) is 8.61. The molecule has 0 fully saturated rings. The van der Waals surface area contributed by atoms with Gasteiger partial charge in [0, 0.05) is 80.4 Å². The zero-order chi connectivity index (χ0) is 38.1. The van der Waals surface area contributed by atoms with E-state index in [1.807, 2.05) is 73.3 Å². The fraction of sp³-hybridized carbons (Fsp3) is 0.0196. The lowest BCUT2D eigenvalue weighted by Gasteiger charge is -2.18. The van der Waals surface area contributed by atoms with Gasteiger partial charge in [-0.3, -0.25) is 19.9 Å². The fourth-order valence-electron chi connectivity index (χ4n) is 7.74. The van der Waals surface area contributed by atoms with Crippen molar-refractivity contribution in [1.82, 2.24) is 24.5 Å². The Morgan fingerprint density at radius 3 is 1.39 bits per heavy atom. The molecule has 0 saturated carbocycles. The molecule has 0 aliphatic rings. The lowest BCUT2D eigenvalue weighted by Crippen LogP contribution is -1.99. The first-order valence-electron chi connectivity index (χ1n) is 19.0. The average molecular weight is 733 g/mol. The van der Waals surface area contributed by atoms with E-state index in [0.29, 0.717) is 0 Å². The Balaban J connectivity index is 1.10. The summed E-state index contributed by atoms with van der Waals surface area (Å²) < 4.78 is 2.35. The van der Waals surface area contributed by atoms with E-state index in [2.05, 4.69) is 158 Å². The summed E-state index contributed by atoms with van der Waals surface area (Å²) >= 11 is 0. The third-order valence-corrected chi connectivity index (χ3v) is 10.5. The van der Waals surface area contributed by atoms with Crippen LogP contribution in [0.5, 0.6) is 0 Å². The molecule has 6 nitrogen and oxygen atoms in total. The molecule has 5 heterocycles. The summed E-state index contributed by atoms with van der Waals surface area (Å²) in [4.78, 5) is 18.7. The summed E-state index contributed by atoms with van der Waals surface area (Å²) in [5.74, 6) is 0. The minimum absolute atomic E-state index is 0.926. The van der Waals surface area contributed by atoms with Crippen LogP contribution >= 0.6 is 0 Å². The highest BCUT2D eigenvalue weighted by molar-refractivity contribution is 6.11. The van der Waals surface area contributed by atoms with Crippen molar-refractivity contribution in [3.63, 3.8) is 0 Å². The first-order valence-corrected chi connectivity index (χ1v) is 19.0. The maximum atomic E-state index is 4.68. The van der Waals surface area contributed by atoms with Crippen molar-refractivity contribution >= 4 is 33.2 Å². The van der Waals surface area contributed by atoms with E-state index in [9.17, 15) is 0 Å². The molecule has 1 N–H and O–H groups in total. The van der Waals surface area contributed by atoms with Crippen molar-refractivity contribution in [3.05, 3.63) is 200 Å². The van der Waals surface area contributed by atoms with Gasteiger partial charge in [0.2, 0.25) is 0 Å². The first-order chi connectivity index (χ1) is 28.2. The molecule has 0 bridgehead atoms. The number of nitrogens with zero attached hydrogens (tertiary/aromatic N) is 5. The molecule has 10 aromatic rings. The van der Waals surface area contributed by atoms with Gasteiger partial charge in [-0.1, -0.05) is 60.7 Å². The second-order valence-electron chi connectivity index (χ2n) is 14.1. The molecule has 0 unspecified atom stereocenters. The second kappa shape index (κ2) is 14.5. The minimum atomic E-state index is 0.926. The standard InChI is InChI=1S/C51H36N6/c1-34-17-18-35(45-13-2-6-25-52-45)29-41(34)42-30-36(46-14-3-7-26-53-46)19-22-49(42)56-39-11-10-12-40(33-39)57-50-23-20-37(47-15-4-8-27-54-47)31-43(50)44-32-38(21-24-51(44)57)48-16-5-9-28-55-48/h2-33,56H,1H3. The van der Waals surface area contributed by atoms with Crippen LogP contribution in [0.4, 0.5) is 11.4 Å². The van der Waals surface area contributed by atoms with Crippen LogP contribution in [0.3, 0.4) is 0 Å². The molecular formula is C51H36N6. The van der Waals surface area contributed by atoms with Crippen molar-refractivity contribution in [1.29, 1.82) is 0 Å². The van der Waals surface area contributed by atoms with Crippen molar-refractivity contribution in [2.24, 2.45) is 0 Å². The fourth-order valence-corrected chi connectivity index (χ4v) is 7.74. The van der Waals surface area contributed by atoms with Gasteiger partial charge in [0.1, 0.15) is 0 Å². The van der Waals surface area contributed by atoms with Crippen LogP contribution < -0.4 is 5.32 Å². The second-order valence-corrected chi connectivity index (χ2v) is 14.1. The third-order valence-electron chi connectivity index (χ3n) is 10.5. The van der Waals surface area contributed by atoms with Crippen LogP contribution in [0, 0.1) is 6.92 Å². The highest BCUT2D eigenvalue weighted by atomic mass is 15.0. The van der Waals surface area contributed by atoms with Crippen LogP contribution in [-0.2, 0) is 0 Å². The number of anilines is 2. The smallest absolute Gasteiger partial charge is 0.0702 e. The molecule has 10 rings (SSSR count). The molecule has 270 valence electrons. The third kappa shape index (κ3) is 6.49. The average Bonchev–Trinajstić information content (AvgIpc) is 3.61. The lowest BCUT2D eigenvalue weighted by molar-refractivity contribution is 1.18. The molecule has 6 heteroatoms. The summed E-state index contributed by atoms with van der Waals surface area (Å²) in [7, 11) is 0. The van der Waals surface area contributed by atoms with Crippen molar-refractivity contribution in [2.45, 2.75) is 6.92 Å². The Morgan fingerprint density at radius 2 is 0.877 bits per heavy atom. The molecular weight excluding hydrogens is 697 g/mol. The van der Waals surface area contributed by atoms with E-state index in [1.54, 1.807) is 0 Å². The van der Waals surface area contributed by atoms with Crippen LogP contribution in [0.2, 0.25) is 0 Å². The number of nitrogens with one attached hydrogen (secondary N) is 1. The highest BCUT2D eigenvalue weighted by Gasteiger charge is 2.17. The summed E-state index contributed by atoms with van der Waals surface area (Å²) in [5.41, 5.74) is 16.6. The maximum Gasteiger partial charge on any atom is 0.0702 e. The topological polar surface area (TPSA) is 68.5 Å². The van der Waals surface area contributed by atoms with Gasteiger partial charge in [0.25, 0.3) is 0 Å². The predicted octanol–water partition coefficient (Wildman–Crippen LogP) is 12.8. The lowest BCUT2D eigenvalue weighted by atomic mass is 9.93. The van der Waals surface area contributed by atoms with Crippen LogP contribution in [0.25, 0.3) is 83.6 Å². The maximum absolute atomic E-state index is 4.68. The Bertz CT molecular complexity index is 2940. The van der Waals surface area contributed by atoms with Gasteiger partial charge in [-0.05, 0) is 127 Å². The Labute approximate surface area is 330 Å². The van der Waals surface area contributed by atoms with Crippen LogP contribution in [-0.4, -0.2) is 24.5 Å². The van der Waals surface area contributed by atoms with Crippen LogP contribution in [0.1, 0.15) is 5.56 Å². The summed E-state index contributed by atoms with van der Waals surface area (Å²) in [6.45, 7) is 2.16. The number of rotatable bonds is 8. The largest absolute Gasteiger partial charge is 0.355 e. The number of benzene rings is 5. The number of hydrogen-bond acceptors (Lipinski definition) is 5. The van der Waals surface area contributed by atoms with E-state index < -0.39 is 0 Å². The van der Waals surface area contributed by atoms with Gasteiger partial charge in [-0.25, -0.2) is 0 Å². The molecule has 5 aromatic heterocycles. The summed E-state index contributed by atoms with van der Waals surface area (Å²) in [6, 6.07) is 59.2. The quantitative estimate of drug-likeness (QED) is 0.168. The first kappa shape index (κ1) is 33.8. The summed E-state index contributed by atoms with van der Waals surface area (Å²) in [5, 5.41) is 6.14. The van der Waals surface area contributed by atoms with Gasteiger partial charge in [-0.15, -0.1) is 0 Å². The molecule has 0 aliphatic heterocycles. The molecule has 0 amide bonds. The van der Waals surface area contributed by atoms with Gasteiger partial charge in [-0.2, -0.15) is 0 Å². The Morgan fingerprint density at radius 1 is 0.404 bits per heavy atom. The molecule has 5 aromatic carbocycles. The minimum Gasteiger partial charge on any atom is -0.355 e. The van der Waals surface area contributed by atoms with Gasteiger partial charge < -0.3 is 9.88 Å². The normalized spacial score (nSPS) is 11.2. The molecule has 0 aliphatic carbocycles. The zero-order valence-corrected chi connectivity index (χ0v) is 31.2. The van der Waals surface area contributed by atoms with Gasteiger partial charge in [0.15, 0.2) is 0 Å². The molecule has 0 saturated heterocycles. The number of aryl methyl sites for hydroxylation is 1. The van der Waals surface area contributed by atoms with Gasteiger partial charge >= 0.3 is 0 Å². The van der Waals surface area contributed by atoms with E-state index in [4.69, 9.17) is 0 Å². The Hall–Kier alpha value is -7.70. The van der Waals surface area contributed by atoms with E-state index >= 15 is 0 Å². The number of pyridine rings is 4. The molecule has 0 radical (unpaired) electrons. The van der Waals surface area contributed by atoms with Crippen molar-refractivity contribution in [3.8, 4) is 61.8 Å². The van der Waals surface area contributed by atoms with E-state index in [-0.39, 0.29) is 0 Å². The molecule has 0 spiro atoms. The van der Waals surface area contributed by atoms with Gasteiger partial charge in [0.05, 0.1) is 33.8 Å². The monoisotopic (exact) mass is 732 g/mol. The van der Waals surface area contributed by atoms with Crippen LogP contribution in [0.15, 0.2) is 195 Å². The number of hydrogen-bond donors (Lipinski definition) is 1. The van der Waals surface area contributed by atoms with E-state index in [0.717, 1.165) is 95.0 Å². The SMILES string of the molecule is Cc1ccc(-c2ccccn2)cc1-c1cc(-c2ccccn2)ccc1Nc1cccc(-n2c3ccc(-c4ccccn4)cc3c3cc(-c4ccccn4)ccc32)c1. The molecule has 0 atom stereocenters. The zero-order valence-electron chi connectivity index (χ0n) is 31.2.